The van der Waals surface area contributed by atoms with Crippen LogP contribution in [0.1, 0.15) is 74.0 Å². The van der Waals surface area contributed by atoms with Crippen molar-refractivity contribution < 1.29 is 28.2 Å². The summed E-state index contributed by atoms with van der Waals surface area (Å²) in [5, 5.41) is 0.635. The molecule has 0 spiro atoms. The number of nitrogens with zero attached hydrogens (tertiary/aromatic N) is 2. The number of unbranched alkanes of at least 4 members (excludes halogenated alkanes) is 1. The number of amides is 1. The summed E-state index contributed by atoms with van der Waals surface area (Å²) in [7, 11) is 2.83. The number of aromatic nitrogens is 1. The van der Waals surface area contributed by atoms with Gasteiger partial charge in [-0.2, -0.15) is 0 Å². The minimum atomic E-state index is -0.876. The number of aryl methyl sites for hydroxylation is 3. The molecule has 1 amide bonds. The standard InChI is InChI=1S/C30H30N2O7S/c1-7-8-11-38-20-10-9-18(14-22(20)36-5)24-23-25(33)19-12-15(2)16(3)13-21(19)39-26(23)28(34)32(24)30-31-17(4)27(40-30)29(35)37-6/h9-10,12-14,24H,7-8,11H2,1-6H3. The van der Waals surface area contributed by atoms with Crippen molar-refractivity contribution >= 4 is 39.3 Å². The van der Waals surface area contributed by atoms with E-state index in [9.17, 15) is 14.4 Å². The number of carbonyl (C=O) groups is 2. The Balaban J connectivity index is 1.74. The summed E-state index contributed by atoms with van der Waals surface area (Å²) in [6, 6.07) is 8.01. The average Bonchev–Trinajstić information content (AvgIpc) is 3.46. The van der Waals surface area contributed by atoms with E-state index in [4.69, 9.17) is 18.6 Å². The highest BCUT2D eigenvalue weighted by atomic mass is 32.1. The van der Waals surface area contributed by atoms with Crippen LogP contribution < -0.4 is 19.8 Å². The van der Waals surface area contributed by atoms with Crippen molar-refractivity contribution in [3.8, 4) is 11.5 Å². The Morgan fingerprint density at radius 3 is 2.52 bits per heavy atom. The summed E-state index contributed by atoms with van der Waals surface area (Å²) < 4.78 is 22.6. The lowest BCUT2D eigenvalue weighted by Crippen LogP contribution is -2.29. The van der Waals surface area contributed by atoms with Crippen molar-refractivity contribution in [1.29, 1.82) is 0 Å². The fourth-order valence-corrected chi connectivity index (χ4v) is 5.82. The van der Waals surface area contributed by atoms with E-state index in [1.165, 1.54) is 19.1 Å². The van der Waals surface area contributed by atoms with Crippen LogP contribution in [-0.4, -0.2) is 37.7 Å². The number of anilines is 1. The predicted molar refractivity (Wildman–Crippen MR) is 152 cm³/mol. The molecule has 5 rings (SSSR count). The molecule has 10 heteroatoms. The first-order valence-electron chi connectivity index (χ1n) is 13.0. The molecule has 0 fully saturated rings. The van der Waals surface area contributed by atoms with Gasteiger partial charge in [0, 0.05) is 0 Å². The van der Waals surface area contributed by atoms with E-state index in [0.717, 1.165) is 35.3 Å². The number of hydrogen-bond donors (Lipinski definition) is 0. The summed E-state index contributed by atoms with van der Waals surface area (Å²) in [6.45, 7) is 8.12. The lowest BCUT2D eigenvalue weighted by molar-refractivity contribution is 0.0605. The molecule has 0 saturated carbocycles. The quantitative estimate of drug-likeness (QED) is 0.193. The van der Waals surface area contributed by atoms with Gasteiger partial charge in [-0.1, -0.05) is 30.7 Å². The smallest absolute Gasteiger partial charge is 0.350 e. The van der Waals surface area contributed by atoms with Crippen molar-refractivity contribution in [3.05, 3.63) is 79.1 Å². The molecule has 9 nitrogen and oxygen atoms in total. The molecule has 0 aliphatic carbocycles. The number of benzene rings is 2. The molecule has 3 heterocycles. The van der Waals surface area contributed by atoms with Gasteiger partial charge in [0.05, 0.1) is 43.5 Å². The second kappa shape index (κ2) is 10.8. The van der Waals surface area contributed by atoms with Gasteiger partial charge in [-0.05, 0) is 68.1 Å². The normalized spacial score (nSPS) is 14.5. The molecular weight excluding hydrogens is 532 g/mol. The fraction of sp³-hybridized carbons (Fsp3) is 0.333. The van der Waals surface area contributed by atoms with Gasteiger partial charge in [-0.15, -0.1) is 0 Å². The molecule has 1 unspecified atom stereocenters. The Bertz CT molecular complexity index is 1700. The molecule has 208 valence electrons. The van der Waals surface area contributed by atoms with Gasteiger partial charge in [0.15, 0.2) is 22.1 Å². The van der Waals surface area contributed by atoms with E-state index in [-0.39, 0.29) is 26.8 Å². The topological polar surface area (TPSA) is 108 Å². The van der Waals surface area contributed by atoms with Crippen molar-refractivity contribution in [1.82, 2.24) is 4.98 Å². The highest BCUT2D eigenvalue weighted by Gasteiger charge is 2.45. The number of carbonyl (C=O) groups excluding carboxylic acids is 2. The average molecular weight is 563 g/mol. The zero-order valence-corrected chi connectivity index (χ0v) is 24.1. The lowest BCUT2D eigenvalue weighted by Gasteiger charge is -2.23. The zero-order chi connectivity index (χ0) is 28.7. The largest absolute Gasteiger partial charge is 0.493 e. The van der Waals surface area contributed by atoms with Crippen molar-refractivity contribution in [2.75, 3.05) is 25.7 Å². The van der Waals surface area contributed by atoms with E-state index < -0.39 is 17.9 Å². The molecule has 2 aromatic heterocycles. The van der Waals surface area contributed by atoms with E-state index in [0.29, 0.717) is 40.3 Å². The molecule has 0 radical (unpaired) electrons. The number of methoxy groups -OCH3 is 2. The summed E-state index contributed by atoms with van der Waals surface area (Å²) in [5.41, 5.74) is 3.14. The van der Waals surface area contributed by atoms with Crippen molar-refractivity contribution in [2.45, 2.75) is 46.6 Å². The van der Waals surface area contributed by atoms with Gasteiger partial charge in [-0.25, -0.2) is 9.78 Å². The second-order valence-electron chi connectivity index (χ2n) is 9.70. The first kappa shape index (κ1) is 27.4. The predicted octanol–water partition coefficient (Wildman–Crippen LogP) is 5.90. The molecule has 1 aliphatic rings. The minimum absolute atomic E-state index is 0.0551. The number of fused-ring (bicyclic) bond motifs is 2. The summed E-state index contributed by atoms with van der Waals surface area (Å²) in [5.74, 6) is -0.102. The minimum Gasteiger partial charge on any atom is -0.493 e. The van der Waals surface area contributed by atoms with Gasteiger partial charge in [-0.3, -0.25) is 14.5 Å². The molecule has 1 aliphatic heterocycles. The molecule has 1 atom stereocenters. The van der Waals surface area contributed by atoms with Crippen LogP contribution >= 0.6 is 11.3 Å². The van der Waals surface area contributed by atoms with E-state index in [1.807, 2.05) is 13.8 Å². The number of esters is 1. The van der Waals surface area contributed by atoms with Crippen LogP contribution in [-0.2, 0) is 4.74 Å². The van der Waals surface area contributed by atoms with E-state index in [1.54, 1.807) is 37.3 Å². The monoisotopic (exact) mass is 562 g/mol. The van der Waals surface area contributed by atoms with Gasteiger partial charge < -0.3 is 18.6 Å². The third-order valence-corrected chi connectivity index (χ3v) is 8.24. The maximum Gasteiger partial charge on any atom is 0.350 e. The first-order valence-corrected chi connectivity index (χ1v) is 13.8. The lowest BCUT2D eigenvalue weighted by atomic mass is 9.97. The highest BCUT2D eigenvalue weighted by Crippen LogP contribution is 2.45. The van der Waals surface area contributed by atoms with Gasteiger partial charge in [0.2, 0.25) is 5.76 Å². The van der Waals surface area contributed by atoms with Gasteiger partial charge in [0.1, 0.15) is 10.5 Å². The molecule has 2 aromatic carbocycles. The van der Waals surface area contributed by atoms with E-state index >= 15 is 0 Å². The second-order valence-corrected chi connectivity index (χ2v) is 10.7. The number of thiazole rings is 1. The van der Waals surface area contributed by atoms with Crippen LogP contribution in [0.25, 0.3) is 11.0 Å². The maximum absolute atomic E-state index is 14.0. The molecule has 40 heavy (non-hydrogen) atoms. The third-order valence-electron chi connectivity index (χ3n) is 7.11. The summed E-state index contributed by atoms with van der Waals surface area (Å²) in [4.78, 5) is 46.6. The molecular formula is C30H30N2O7S. The van der Waals surface area contributed by atoms with E-state index in [2.05, 4.69) is 11.9 Å². The van der Waals surface area contributed by atoms with Crippen LogP contribution in [0.4, 0.5) is 5.13 Å². The number of ether oxygens (including phenoxy) is 3. The van der Waals surface area contributed by atoms with Crippen LogP contribution in [0.5, 0.6) is 11.5 Å². The van der Waals surface area contributed by atoms with Crippen LogP contribution in [0, 0.1) is 20.8 Å². The van der Waals surface area contributed by atoms with Crippen molar-refractivity contribution in [3.63, 3.8) is 0 Å². The summed E-state index contributed by atoms with van der Waals surface area (Å²) >= 11 is 1.02. The number of rotatable bonds is 8. The van der Waals surface area contributed by atoms with Crippen LogP contribution in [0.2, 0.25) is 0 Å². The SMILES string of the molecule is CCCCOc1ccc(C2c3c(oc4cc(C)c(C)cc4c3=O)C(=O)N2c2nc(C)c(C(=O)OC)s2)cc1OC. The van der Waals surface area contributed by atoms with Crippen LogP contribution in [0.15, 0.2) is 39.5 Å². The Hall–Kier alpha value is -4.18. The molecule has 0 saturated heterocycles. The molecule has 0 N–H and O–H groups in total. The first-order chi connectivity index (χ1) is 19.2. The van der Waals surface area contributed by atoms with Crippen molar-refractivity contribution in [2.24, 2.45) is 0 Å². The fourth-order valence-electron chi connectivity index (χ4n) is 4.81. The zero-order valence-electron chi connectivity index (χ0n) is 23.2. The Labute approximate surface area is 235 Å². The Morgan fingerprint density at radius 2 is 1.82 bits per heavy atom. The number of hydrogen-bond acceptors (Lipinski definition) is 9. The summed E-state index contributed by atoms with van der Waals surface area (Å²) in [6.07, 6.45) is 1.88. The molecule has 4 aromatic rings. The molecule has 0 bridgehead atoms. The Kier molecular flexibility index (Phi) is 7.37. The maximum atomic E-state index is 14.0. The third kappa shape index (κ3) is 4.52. The Morgan fingerprint density at radius 1 is 1.07 bits per heavy atom. The highest BCUT2D eigenvalue weighted by molar-refractivity contribution is 7.17. The van der Waals surface area contributed by atoms with Gasteiger partial charge >= 0.3 is 5.97 Å². The van der Waals surface area contributed by atoms with Gasteiger partial charge in [0.25, 0.3) is 5.91 Å². The van der Waals surface area contributed by atoms with Crippen LogP contribution in [0.3, 0.4) is 0 Å².